The van der Waals surface area contributed by atoms with Crippen LogP contribution in [0, 0.1) is 5.92 Å². The van der Waals surface area contributed by atoms with E-state index in [0.29, 0.717) is 31.5 Å². The van der Waals surface area contributed by atoms with Crippen molar-refractivity contribution in [3.8, 4) is 5.75 Å². The van der Waals surface area contributed by atoms with Crippen molar-refractivity contribution in [2.75, 3.05) is 19.7 Å². The van der Waals surface area contributed by atoms with E-state index in [9.17, 15) is 0 Å². The van der Waals surface area contributed by atoms with Gasteiger partial charge in [0.25, 0.3) is 0 Å². The van der Waals surface area contributed by atoms with E-state index in [1.807, 2.05) is 19.1 Å². The van der Waals surface area contributed by atoms with E-state index in [-0.39, 0.29) is 0 Å². The molecule has 0 heterocycles. The monoisotopic (exact) mass is 298 g/mol. The Labute approximate surface area is 127 Å². The molecule has 0 aliphatic heterocycles. The quantitative estimate of drug-likeness (QED) is 0.774. The van der Waals surface area contributed by atoms with Gasteiger partial charge in [0.05, 0.1) is 6.61 Å². The molecule has 0 amide bonds. The third kappa shape index (κ3) is 4.65. The topological polar surface area (TPSA) is 61.3 Å². The minimum Gasteiger partial charge on any atom is -0.493 e. The summed E-state index contributed by atoms with van der Waals surface area (Å²) in [5.41, 5.74) is 13.8. The first-order chi connectivity index (χ1) is 9.53. The molecule has 20 heavy (non-hydrogen) atoms. The molecule has 0 spiro atoms. The molecule has 0 aliphatic carbocycles. The summed E-state index contributed by atoms with van der Waals surface area (Å²) in [4.78, 5) is 0. The molecule has 0 saturated heterocycles. The van der Waals surface area contributed by atoms with E-state index >= 15 is 0 Å². The lowest BCUT2D eigenvalue weighted by molar-refractivity contribution is 0.330. The smallest absolute Gasteiger partial charge is 0.126 e. The highest BCUT2D eigenvalue weighted by Crippen LogP contribution is 2.34. The number of rotatable bonds is 8. The molecule has 0 atom stereocenters. The predicted octanol–water partition coefficient (Wildman–Crippen LogP) is 3.33. The zero-order valence-corrected chi connectivity index (χ0v) is 13.5. The van der Waals surface area contributed by atoms with Gasteiger partial charge in [-0.25, -0.2) is 0 Å². The van der Waals surface area contributed by atoms with E-state index in [4.69, 9.17) is 27.8 Å². The van der Waals surface area contributed by atoms with Crippen molar-refractivity contribution in [2.24, 2.45) is 17.4 Å². The maximum atomic E-state index is 6.24. The standard InChI is InChI=1S/C16H27ClN2O/c1-4-20-16-13(6-5-12(9-18)10-19)7-14(17)8-15(16)11(2)3/h7-8,11-12H,4-6,9-10,18-19H2,1-3H3. The van der Waals surface area contributed by atoms with Crippen molar-refractivity contribution in [1.29, 1.82) is 0 Å². The predicted molar refractivity (Wildman–Crippen MR) is 86.6 cm³/mol. The van der Waals surface area contributed by atoms with Gasteiger partial charge in [-0.2, -0.15) is 0 Å². The fourth-order valence-corrected chi connectivity index (χ4v) is 2.55. The minimum absolute atomic E-state index is 0.353. The van der Waals surface area contributed by atoms with Crippen LogP contribution in [0.3, 0.4) is 0 Å². The molecule has 4 N–H and O–H groups in total. The largest absolute Gasteiger partial charge is 0.493 e. The molecule has 0 saturated carbocycles. The molecule has 114 valence electrons. The normalized spacial score (nSPS) is 11.4. The van der Waals surface area contributed by atoms with Crippen molar-refractivity contribution in [3.05, 3.63) is 28.3 Å². The molecule has 0 unspecified atom stereocenters. The number of aryl methyl sites for hydroxylation is 1. The van der Waals surface area contributed by atoms with E-state index in [2.05, 4.69) is 13.8 Å². The van der Waals surface area contributed by atoms with Gasteiger partial charge in [0, 0.05) is 5.02 Å². The fourth-order valence-electron chi connectivity index (χ4n) is 2.30. The highest BCUT2D eigenvalue weighted by molar-refractivity contribution is 6.30. The molecule has 0 bridgehead atoms. The first-order valence-electron chi connectivity index (χ1n) is 7.38. The average molecular weight is 299 g/mol. The molecular formula is C16H27ClN2O. The first kappa shape index (κ1) is 17.3. The lowest BCUT2D eigenvalue weighted by Crippen LogP contribution is -2.23. The molecule has 0 radical (unpaired) electrons. The van der Waals surface area contributed by atoms with E-state index in [0.717, 1.165) is 29.2 Å². The van der Waals surface area contributed by atoms with Crippen LogP contribution in [0.2, 0.25) is 5.02 Å². The summed E-state index contributed by atoms with van der Waals surface area (Å²) in [6, 6.07) is 4.01. The number of ether oxygens (including phenoxy) is 1. The van der Waals surface area contributed by atoms with Crippen LogP contribution in [0.15, 0.2) is 12.1 Å². The third-order valence-electron chi connectivity index (χ3n) is 3.56. The molecule has 0 aliphatic rings. The zero-order chi connectivity index (χ0) is 15.1. The van der Waals surface area contributed by atoms with Crippen LogP contribution in [-0.4, -0.2) is 19.7 Å². The number of hydrogen-bond donors (Lipinski definition) is 2. The van der Waals surface area contributed by atoms with Crippen LogP contribution in [0.5, 0.6) is 5.75 Å². The van der Waals surface area contributed by atoms with Gasteiger partial charge in [0.2, 0.25) is 0 Å². The second kappa shape index (κ2) is 8.50. The van der Waals surface area contributed by atoms with Gasteiger partial charge in [0.1, 0.15) is 5.75 Å². The van der Waals surface area contributed by atoms with Gasteiger partial charge < -0.3 is 16.2 Å². The Balaban J connectivity index is 3.03. The molecule has 3 nitrogen and oxygen atoms in total. The number of nitrogens with two attached hydrogens (primary N) is 2. The van der Waals surface area contributed by atoms with Crippen LogP contribution in [0.1, 0.15) is 44.2 Å². The van der Waals surface area contributed by atoms with Gasteiger partial charge >= 0.3 is 0 Å². The molecule has 0 aromatic heterocycles. The number of halogens is 1. The Hall–Kier alpha value is -0.770. The summed E-state index contributed by atoms with van der Waals surface area (Å²) in [7, 11) is 0. The Morgan fingerprint density at radius 3 is 2.35 bits per heavy atom. The van der Waals surface area contributed by atoms with Crippen molar-refractivity contribution >= 4 is 11.6 Å². The van der Waals surface area contributed by atoms with Crippen LogP contribution in [0.4, 0.5) is 0 Å². The lowest BCUT2D eigenvalue weighted by Gasteiger charge is -2.19. The van der Waals surface area contributed by atoms with Crippen LogP contribution < -0.4 is 16.2 Å². The SMILES string of the molecule is CCOc1c(CCC(CN)CN)cc(Cl)cc1C(C)C. The zero-order valence-electron chi connectivity index (χ0n) is 12.8. The van der Waals surface area contributed by atoms with Gasteiger partial charge in [0.15, 0.2) is 0 Å². The Kier molecular flexibility index (Phi) is 7.35. The average Bonchev–Trinajstić information content (AvgIpc) is 2.42. The number of benzene rings is 1. The molecule has 4 heteroatoms. The molecule has 1 aromatic rings. The highest BCUT2D eigenvalue weighted by atomic mass is 35.5. The Bertz CT molecular complexity index is 417. The van der Waals surface area contributed by atoms with Crippen LogP contribution in [0.25, 0.3) is 0 Å². The lowest BCUT2D eigenvalue weighted by atomic mass is 9.94. The maximum Gasteiger partial charge on any atom is 0.126 e. The Morgan fingerprint density at radius 1 is 1.20 bits per heavy atom. The summed E-state index contributed by atoms with van der Waals surface area (Å²) in [6.07, 6.45) is 1.86. The molecule has 1 aromatic carbocycles. The summed E-state index contributed by atoms with van der Waals surface area (Å²) in [5.74, 6) is 1.72. The van der Waals surface area contributed by atoms with E-state index in [1.54, 1.807) is 0 Å². The van der Waals surface area contributed by atoms with Crippen molar-refractivity contribution < 1.29 is 4.74 Å². The van der Waals surface area contributed by atoms with Crippen molar-refractivity contribution in [1.82, 2.24) is 0 Å². The summed E-state index contributed by atoms with van der Waals surface area (Å²) >= 11 is 6.24. The Morgan fingerprint density at radius 2 is 1.85 bits per heavy atom. The van der Waals surface area contributed by atoms with Gasteiger partial charge in [-0.1, -0.05) is 25.4 Å². The molecular weight excluding hydrogens is 272 g/mol. The van der Waals surface area contributed by atoms with Crippen molar-refractivity contribution in [2.45, 2.75) is 39.5 Å². The second-order valence-electron chi connectivity index (χ2n) is 5.45. The van der Waals surface area contributed by atoms with Gasteiger partial charge in [-0.3, -0.25) is 0 Å². The number of hydrogen-bond acceptors (Lipinski definition) is 3. The van der Waals surface area contributed by atoms with E-state index in [1.165, 1.54) is 5.56 Å². The second-order valence-corrected chi connectivity index (χ2v) is 5.88. The highest BCUT2D eigenvalue weighted by Gasteiger charge is 2.15. The maximum absolute atomic E-state index is 6.24. The molecule has 1 rings (SSSR count). The summed E-state index contributed by atoms with van der Waals surface area (Å²) < 4.78 is 5.86. The summed E-state index contributed by atoms with van der Waals surface area (Å²) in [6.45, 7) is 8.22. The molecule has 0 fully saturated rings. The van der Waals surface area contributed by atoms with Crippen LogP contribution in [-0.2, 0) is 6.42 Å². The van der Waals surface area contributed by atoms with Crippen molar-refractivity contribution in [3.63, 3.8) is 0 Å². The van der Waals surface area contributed by atoms with E-state index < -0.39 is 0 Å². The van der Waals surface area contributed by atoms with Gasteiger partial charge in [-0.05, 0) is 68.0 Å². The van der Waals surface area contributed by atoms with Gasteiger partial charge in [-0.15, -0.1) is 0 Å². The van der Waals surface area contributed by atoms with Crippen LogP contribution >= 0.6 is 11.6 Å². The minimum atomic E-state index is 0.353. The fraction of sp³-hybridized carbons (Fsp3) is 0.625. The summed E-state index contributed by atoms with van der Waals surface area (Å²) in [5, 5.41) is 0.768. The third-order valence-corrected chi connectivity index (χ3v) is 3.78. The first-order valence-corrected chi connectivity index (χ1v) is 7.76.